The smallest absolute Gasteiger partial charge is 0.344 e. The van der Waals surface area contributed by atoms with E-state index in [4.69, 9.17) is 11.5 Å². The first kappa shape index (κ1) is 41.1. The molecule has 2 aliphatic heterocycles. The number of aldehydes is 1. The topological polar surface area (TPSA) is 210 Å². The minimum absolute atomic E-state index is 0.0342. The molecule has 0 bridgehead atoms. The molecule has 14 heteroatoms. The number of guanidine groups is 1. The van der Waals surface area contributed by atoms with Gasteiger partial charge in [0.25, 0.3) is 0 Å². The lowest BCUT2D eigenvalue weighted by Gasteiger charge is -2.40. The van der Waals surface area contributed by atoms with Crippen LogP contribution in [0.1, 0.15) is 106 Å². The molecule has 2 saturated heterocycles. The molecule has 2 rings (SSSR count). The van der Waals surface area contributed by atoms with Gasteiger partial charge in [0.2, 0.25) is 5.91 Å². The predicted molar refractivity (Wildman–Crippen MR) is 188 cm³/mol. The molecule has 0 saturated carbocycles. The predicted octanol–water partition coefficient (Wildman–Crippen LogP) is 1.42. The van der Waals surface area contributed by atoms with E-state index in [9.17, 15) is 24.0 Å². The quantitative estimate of drug-likeness (QED) is 0.0494. The average molecular weight is 679 g/mol. The number of imide groups is 1. The standard InChI is InChI=1S/C34H63N9O5/c1-7-37-25-15-8-10-19-40-33(48)42-28(23(2)3)31(47)43(21-13-14-24(43)22-44)30(46)26(16-12-20-39-32(35)36)41-27(34(4,5)6)17-9-11-18-38-29(25)45/h22-28,37,41H,7-21H2,1-6H3,(H6-,35,36,38,39,40,42,45,48)/p+1/t24-,25?,26-,27?,28-,43?/m0/s1. The van der Waals surface area contributed by atoms with Gasteiger partial charge in [-0.2, -0.15) is 4.48 Å². The van der Waals surface area contributed by atoms with Crippen LogP contribution in [0.2, 0.25) is 0 Å². The highest BCUT2D eigenvalue weighted by Crippen LogP contribution is 2.32. The van der Waals surface area contributed by atoms with E-state index in [0.29, 0.717) is 64.7 Å². The second-order valence-electron chi connectivity index (χ2n) is 14.7. The number of nitrogens with zero attached hydrogens (tertiary/aromatic N) is 2. The molecule has 2 heterocycles. The summed E-state index contributed by atoms with van der Waals surface area (Å²) in [6, 6.07) is -3.56. The van der Waals surface area contributed by atoms with Crippen molar-refractivity contribution in [2.75, 3.05) is 32.7 Å². The van der Waals surface area contributed by atoms with E-state index in [2.05, 4.69) is 52.3 Å². The van der Waals surface area contributed by atoms with Crippen molar-refractivity contribution < 1.29 is 28.5 Å². The van der Waals surface area contributed by atoms with E-state index in [1.807, 2.05) is 20.8 Å². The molecule has 2 aliphatic rings. The number of quaternary nitrogens is 1. The molecule has 9 N–H and O–H groups in total. The fraction of sp³-hybridized carbons (Fsp3) is 0.824. The van der Waals surface area contributed by atoms with Gasteiger partial charge in [-0.15, -0.1) is 0 Å². The number of aliphatic imine (C=N–C) groups is 1. The van der Waals surface area contributed by atoms with Gasteiger partial charge in [-0.05, 0) is 62.8 Å². The molecule has 2 fully saturated rings. The highest BCUT2D eigenvalue weighted by Gasteiger charge is 2.58. The van der Waals surface area contributed by atoms with Gasteiger partial charge in [-0.3, -0.25) is 19.9 Å². The van der Waals surface area contributed by atoms with E-state index < -0.39 is 34.5 Å². The minimum atomic E-state index is -0.994. The van der Waals surface area contributed by atoms with Gasteiger partial charge < -0.3 is 32.7 Å². The molecule has 0 aromatic rings. The Labute approximate surface area is 287 Å². The SMILES string of the molecule is CCNC1CCCCNC(=O)N[C@@H](C(C)C)C(=O)[N+]2(CCC[C@H]2C=O)C(=O)[C@H](CCCN=C(N)N)NC(C(C)(C)C)CCCCNC1=O. The zero-order valence-corrected chi connectivity index (χ0v) is 30.2. The van der Waals surface area contributed by atoms with Crippen LogP contribution in [0.3, 0.4) is 0 Å². The molecule has 6 atom stereocenters. The summed E-state index contributed by atoms with van der Waals surface area (Å²) in [7, 11) is 0. The lowest BCUT2D eigenvalue weighted by molar-refractivity contribution is -0.783. The number of rotatable bonds is 8. The highest BCUT2D eigenvalue weighted by molar-refractivity contribution is 5.94. The van der Waals surface area contributed by atoms with E-state index >= 15 is 0 Å². The fourth-order valence-corrected chi connectivity index (χ4v) is 6.84. The Morgan fingerprint density at radius 1 is 0.979 bits per heavy atom. The molecule has 0 aromatic carbocycles. The number of nitrogens with two attached hydrogens (primary N) is 2. The molecule has 0 radical (unpaired) electrons. The highest BCUT2D eigenvalue weighted by atomic mass is 16.2. The van der Waals surface area contributed by atoms with Crippen molar-refractivity contribution in [1.29, 1.82) is 0 Å². The minimum Gasteiger partial charge on any atom is -0.370 e. The largest absolute Gasteiger partial charge is 0.370 e. The van der Waals surface area contributed by atoms with Crippen LogP contribution < -0.4 is 38.1 Å². The number of amides is 5. The van der Waals surface area contributed by atoms with Gasteiger partial charge in [0.1, 0.15) is 12.1 Å². The third-order valence-electron chi connectivity index (χ3n) is 9.62. The van der Waals surface area contributed by atoms with E-state index in [1.165, 1.54) is 0 Å². The second kappa shape index (κ2) is 19.8. The molecular weight excluding hydrogens is 614 g/mol. The summed E-state index contributed by atoms with van der Waals surface area (Å²) < 4.78 is -0.638. The molecule has 5 amide bonds. The molecule has 0 aromatic heterocycles. The summed E-state index contributed by atoms with van der Waals surface area (Å²) in [6.07, 6.45) is 6.79. The Balaban J connectivity index is 2.54. The third kappa shape index (κ3) is 11.8. The van der Waals surface area contributed by atoms with Crippen molar-refractivity contribution in [3.05, 3.63) is 0 Å². The number of likely N-dealkylation sites (N-methyl/N-ethyl adjacent to an activating group) is 1. The molecule has 3 unspecified atom stereocenters. The van der Waals surface area contributed by atoms with Gasteiger partial charge in [0.05, 0.1) is 12.6 Å². The van der Waals surface area contributed by atoms with Crippen molar-refractivity contribution in [3.8, 4) is 0 Å². The van der Waals surface area contributed by atoms with Gasteiger partial charge in [0.15, 0.2) is 18.3 Å². The third-order valence-corrected chi connectivity index (χ3v) is 9.62. The Bertz CT molecular complexity index is 1110. The number of hydrogen-bond acceptors (Lipinski definition) is 8. The van der Waals surface area contributed by atoms with Gasteiger partial charge >= 0.3 is 17.8 Å². The number of carbonyl (C=O) groups is 5. The Morgan fingerprint density at radius 2 is 1.65 bits per heavy atom. The molecule has 0 aliphatic carbocycles. The number of nitrogens with one attached hydrogen (secondary N) is 5. The first-order chi connectivity index (χ1) is 22.7. The maximum atomic E-state index is 14.9. The Hall–Kier alpha value is -3.10. The molecule has 274 valence electrons. The van der Waals surface area contributed by atoms with Crippen molar-refractivity contribution in [2.45, 2.75) is 136 Å². The van der Waals surface area contributed by atoms with Crippen LogP contribution >= 0.6 is 0 Å². The monoisotopic (exact) mass is 679 g/mol. The number of urea groups is 1. The second-order valence-corrected chi connectivity index (χ2v) is 14.7. The molecular formula is C34H64N9O5+. The van der Waals surface area contributed by atoms with Crippen LogP contribution in [0.25, 0.3) is 0 Å². The number of hydrogen-bond donors (Lipinski definition) is 7. The van der Waals surface area contributed by atoms with E-state index in [0.717, 1.165) is 32.0 Å². The van der Waals surface area contributed by atoms with Gasteiger partial charge in [0, 0.05) is 38.5 Å². The number of carbonyl (C=O) groups excluding carboxylic acids is 5. The van der Waals surface area contributed by atoms with Crippen molar-refractivity contribution in [1.82, 2.24) is 26.6 Å². The zero-order chi connectivity index (χ0) is 35.9. The first-order valence-corrected chi connectivity index (χ1v) is 18.0. The maximum absolute atomic E-state index is 14.9. The normalized spacial score (nSPS) is 29.4. The summed E-state index contributed by atoms with van der Waals surface area (Å²) in [5.74, 6) is -1.24. The van der Waals surface area contributed by atoms with Crippen LogP contribution in [-0.2, 0) is 19.2 Å². The molecule has 14 nitrogen and oxygen atoms in total. The maximum Gasteiger partial charge on any atom is 0.344 e. The summed E-state index contributed by atoms with van der Waals surface area (Å²) in [5, 5.41) is 15.6. The summed E-state index contributed by atoms with van der Waals surface area (Å²) in [4.78, 5) is 72.3. The van der Waals surface area contributed by atoms with Crippen LogP contribution in [-0.4, -0.2) is 103 Å². The van der Waals surface area contributed by atoms with Crippen LogP contribution in [0.15, 0.2) is 4.99 Å². The lowest BCUT2D eigenvalue weighted by Crippen LogP contribution is -2.71. The van der Waals surface area contributed by atoms with Crippen molar-refractivity contribution in [2.24, 2.45) is 27.8 Å². The average Bonchev–Trinajstić information content (AvgIpc) is 3.46. The molecule has 48 heavy (non-hydrogen) atoms. The summed E-state index contributed by atoms with van der Waals surface area (Å²) in [5.41, 5.74) is 10.9. The van der Waals surface area contributed by atoms with Gasteiger partial charge in [-0.25, -0.2) is 14.4 Å². The molecule has 1 spiro atoms. The van der Waals surface area contributed by atoms with Crippen molar-refractivity contribution >= 4 is 36.0 Å². The van der Waals surface area contributed by atoms with Crippen molar-refractivity contribution in [3.63, 3.8) is 0 Å². The Morgan fingerprint density at radius 3 is 2.25 bits per heavy atom. The van der Waals surface area contributed by atoms with Crippen LogP contribution in [0.5, 0.6) is 0 Å². The summed E-state index contributed by atoms with van der Waals surface area (Å²) in [6.45, 7) is 14.0. The summed E-state index contributed by atoms with van der Waals surface area (Å²) >= 11 is 0. The first-order valence-electron chi connectivity index (χ1n) is 18.0. The van der Waals surface area contributed by atoms with E-state index in [1.54, 1.807) is 0 Å². The lowest BCUT2D eigenvalue weighted by atomic mass is 9.82. The van der Waals surface area contributed by atoms with E-state index in [-0.39, 0.29) is 47.7 Å². The zero-order valence-electron chi connectivity index (χ0n) is 30.2. The fourth-order valence-electron chi connectivity index (χ4n) is 6.84. The Kier molecular flexibility index (Phi) is 16.9. The van der Waals surface area contributed by atoms with Gasteiger partial charge in [-0.1, -0.05) is 48.0 Å². The van der Waals surface area contributed by atoms with Crippen LogP contribution in [0, 0.1) is 11.3 Å². The van der Waals surface area contributed by atoms with Crippen LogP contribution in [0.4, 0.5) is 4.79 Å².